The number of nitrogens with one attached hydrogen (secondary N) is 2. The second kappa shape index (κ2) is 6.17. The summed E-state index contributed by atoms with van der Waals surface area (Å²) in [6, 6.07) is 3.89. The Morgan fingerprint density at radius 1 is 1.53 bits per heavy atom. The van der Waals surface area contributed by atoms with Gasteiger partial charge in [-0.25, -0.2) is 0 Å². The van der Waals surface area contributed by atoms with E-state index in [0.29, 0.717) is 12.2 Å². The molecular weight excluding hydrogens is 246 g/mol. The van der Waals surface area contributed by atoms with Crippen molar-refractivity contribution in [1.29, 1.82) is 0 Å². The van der Waals surface area contributed by atoms with Crippen molar-refractivity contribution >= 4 is 28.9 Å². The van der Waals surface area contributed by atoms with Crippen molar-refractivity contribution in [2.45, 2.75) is 6.92 Å². The minimum atomic E-state index is -0.546. The van der Waals surface area contributed by atoms with E-state index in [0.717, 1.165) is 0 Å². The standard InChI is InChI=1S/C10H12ClN3O3/c1-2-12-6-10(15)13-9-4-3-7(14(16)17)5-8(9)11/h3-5,12H,2,6H2,1H3,(H,13,15). The van der Waals surface area contributed by atoms with Gasteiger partial charge in [0, 0.05) is 12.1 Å². The molecule has 0 fully saturated rings. The topological polar surface area (TPSA) is 84.3 Å². The molecular formula is C10H12ClN3O3. The molecule has 0 aliphatic carbocycles. The molecule has 0 aliphatic heterocycles. The number of amides is 1. The summed E-state index contributed by atoms with van der Waals surface area (Å²) in [5.41, 5.74) is 0.250. The number of benzene rings is 1. The predicted octanol–water partition coefficient (Wildman–Crippen LogP) is 1.80. The van der Waals surface area contributed by atoms with Gasteiger partial charge in [0.15, 0.2) is 0 Å². The fourth-order valence-corrected chi connectivity index (χ4v) is 1.37. The average Bonchev–Trinajstić information content (AvgIpc) is 2.28. The second-order valence-corrected chi connectivity index (χ2v) is 3.66. The zero-order valence-corrected chi connectivity index (χ0v) is 9.95. The van der Waals surface area contributed by atoms with Crippen LogP contribution in [0.25, 0.3) is 0 Å². The van der Waals surface area contributed by atoms with Gasteiger partial charge in [0.2, 0.25) is 5.91 Å². The summed E-state index contributed by atoms with van der Waals surface area (Å²) < 4.78 is 0. The second-order valence-electron chi connectivity index (χ2n) is 3.25. The highest BCUT2D eigenvalue weighted by Gasteiger charge is 2.10. The first-order valence-corrected chi connectivity index (χ1v) is 5.37. The molecule has 1 aromatic rings. The van der Waals surface area contributed by atoms with Crippen molar-refractivity contribution in [1.82, 2.24) is 5.32 Å². The number of anilines is 1. The van der Waals surface area contributed by atoms with Crippen molar-refractivity contribution < 1.29 is 9.72 Å². The molecule has 1 rings (SSSR count). The Kier molecular flexibility index (Phi) is 4.86. The molecule has 7 heteroatoms. The monoisotopic (exact) mass is 257 g/mol. The Balaban J connectivity index is 2.72. The maximum Gasteiger partial charge on any atom is 0.271 e. The van der Waals surface area contributed by atoms with E-state index < -0.39 is 4.92 Å². The lowest BCUT2D eigenvalue weighted by Crippen LogP contribution is -2.27. The van der Waals surface area contributed by atoms with E-state index in [2.05, 4.69) is 10.6 Å². The summed E-state index contributed by atoms with van der Waals surface area (Å²) in [5.74, 6) is -0.248. The van der Waals surface area contributed by atoms with Crippen molar-refractivity contribution in [2.75, 3.05) is 18.4 Å². The minimum absolute atomic E-state index is 0.111. The van der Waals surface area contributed by atoms with Crippen molar-refractivity contribution in [3.8, 4) is 0 Å². The number of likely N-dealkylation sites (N-methyl/N-ethyl adjacent to an activating group) is 1. The van der Waals surface area contributed by atoms with Crippen molar-refractivity contribution in [2.24, 2.45) is 0 Å². The number of carbonyl (C=O) groups excluding carboxylic acids is 1. The quantitative estimate of drug-likeness (QED) is 0.622. The van der Waals surface area contributed by atoms with E-state index in [9.17, 15) is 14.9 Å². The Morgan fingerprint density at radius 2 is 2.24 bits per heavy atom. The van der Waals surface area contributed by atoms with Crippen LogP contribution in [0.3, 0.4) is 0 Å². The zero-order chi connectivity index (χ0) is 12.8. The first-order chi connectivity index (χ1) is 8.04. The van der Waals surface area contributed by atoms with Gasteiger partial charge < -0.3 is 10.6 Å². The van der Waals surface area contributed by atoms with E-state index in [1.54, 1.807) is 0 Å². The number of halogens is 1. The first kappa shape index (κ1) is 13.4. The van der Waals surface area contributed by atoms with Gasteiger partial charge in [-0.05, 0) is 12.6 Å². The van der Waals surface area contributed by atoms with Crippen LogP contribution in [0.1, 0.15) is 6.92 Å². The molecule has 0 saturated carbocycles. The number of hydrogen-bond acceptors (Lipinski definition) is 4. The van der Waals surface area contributed by atoms with Crippen LogP contribution in [-0.2, 0) is 4.79 Å². The van der Waals surface area contributed by atoms with E-state index in [1.165, 1.54) is 18.2 Å². The highest BCUT2D eigenvalue weighted by molar-refractivity contribution is 6.34. The van der Waals surface area contributed by atoms with E-state index >= 15 is 0 Å². The average molecular weight is 258 g/mol. The first-order valence-electron chi connectivity index (χ1n) is 4.99. The Labute approximate surface area is 103 Å². The minimum Gasteiger partial charge on any atom is -0.324 e. The number of non-ortho nitro benzene ring substituents is 1. The van der Waals surface area contributed by atoms with Crippen LogP contribution in [0.5, 0.6) is 0 Å². The Morgan fingerprint density at radius 3 is 2.76 bits per heavy atom. The van der Waals surface area contributed by atoms with Crippen LogP contribution < -0.4 is 10.6 Å². The molecule has 0 radical (unpaired) electrons. The molecule has 17 heavy (non-hydrogen) atoms. The molecule has 0 bridgehead atoms. The normalized spacial score (nSPS) is 10.0. The molecule has 0 atom stereocenters. The third kappa shape index (κ3) is 4.01. The van der Waals surface area contributed by atoms with Gasteiger partial charge in [0.1, 0.15) is 0 Å². The van der Waals surface area contributed by atoms with Gasteiger partial charge in [-0.2, -0.15) is 0 Å². The molecule has 0 unspecified atom stereocenters. The summed E-state index contributed by atoms with van der Waals surface area (Å²) in [6.45, 7) is 2.73. The Bertz CT molecular complexity index is 437. The van der Waals surface area contributed by atoms with Crippen molar-refractivity contribution in [3.05, 3.63) is 33.3 Å². The fraction of sp³-hybridized carbons (Fsp3) is 0.300. The summed E-state index contributed by atoms with van der Waals surface area (Å²) >= 11 is 5.81. The van der Waals surface area contributed by atoms with Gasteiger partial charge in [-0.15, -0.1) is 0 Å². The fourth-order valence-electron chi connectivity index (χ4n) is 1.15. The van der Waals surface area contributed by atoms with E-state index in [-0.39, 0.29) is 23.2 Å². The molecule has 0 saturated heterocycles. The number of nitro benzene ring substituents is 1. The molecule has 0 aliphatic rings. The molecule has 1 amide bonds. The van der Waals surface area contributed by atoms with Crippen LogP contribution in [0.2, 0.25) is 5.02 Å². The van der Waals surface area contributed by atoms with Crippen LogP contribution >= 0.6 is 11.6 Å². The van der Waals surface area contributed by atoms with Gasteiger partial charge in [-0.1, -0.05) is 18.5 Å². The van der Waals surface area contributed by atoms with E-state index in [4.69, 9.17) is 11.6 Å². The van der Waals surface area contributed by atoms with Crippen molar-refractivity contribution in [3.63, 3.8) is 0 Å². The van der Waals surface area contributed by atoms with Crippen LogP contribution in [0, 0.1) is 10.1 Å². The molecule has 0 heterocycles. The molecule has 0 aromatic heterocycles. The van der Waals surface area contributed by atoms with Gasteiger partial charge in [0.05, 0.1) is 22.2 Å². The van der Waals surface area contributed by atoms with Crippen LogP contribution in [0.4, 0.5) is 11.4 Å². The SMILES string of the molecule is CCNCC(=O)Nc1ccc([N+](=O)[O-])cc1Cl. The lowest BCUT2D eigenvalue weighted by atomic mass is 10.3. The smallest absolute Gasteiger partial charge is 0.271 e. The largest absolute Gasteiger partial charge is 0.324 e. The predicted molar refractivity (Wildman–Crippen MR) is 65.3 cm³/mol. The Hall–Kier alpha value is -1.66. The molecule has 6 nitrogen and oxygen atoms in total. The van der Waals surface area contributed by atoms with Gasteiger partial charge in [0.25, 0.3) is 5.69 Å². The molecule has 2 N–H and O–H groups in total. The van der Waals surface area contributed by atoms with Crippen LogP contribution in [0.15, 0.2) is 18.2 Å². The number of nitro groups is 1. The molecule has 92 valence electrons. The molecule has 1 aromatic carbocycles. The van der Waals surface area contributed by atoms with Gasteiger partial charge in [-0.3, -0.25) is 14.9 Å². The highest BCUT2D eigenvalue weighted by Crippen LogP contribution is 2.26. The summed E-state index contributed by atoms with van der Waals surface area (Å²) in [7, 11) is 0. The van der Waals surface area contributed by atoms with Crippen LogP contribution in [-0.4, -0.2) is 23.9 Å². The zero-order valence-electron chi connectivity index (χ0n) is 9.20. The number of nitrogens with zero attached hydrogens (tertiary/aromatic N) is 1. The number of carbonyl (C=O) groups is 1. The third-order valence-electron chi connectivity index (χ3n) is 1.97. The summed E-state index contributed by atoms with van der Waals surface area (Å²) in [5, 5.41) is 16.0. The lowest BCUT2D eigenvalue weighted by molar-refractivity contribution is -0.384. The molecule has 0 spiro atoms. The highest BCUT2D eigenvalue weighted by atomic mass is 35.5. The summed E-state index contributed by atoms with van der Waals surface area (Å²) in [6.07, 6.45) is 0. The maximum absolute atomic E-state index is 11.4. The lowest BCUT2D eigenvalue weighted by Gasteiger charge is -2.07. The number of hydrogen-bond donors (Lipinski definition) is 2. The third-order valence-corrected chi connectivity index (χ3v) is 2.29. The van der Waals surface area contributed by atoms with E-state index in [1.807, 2.05) is 6.92 Å². The maximum atomic E-state index is 11.4. The number of rotatable bonds is 5. The summed E-state index contributed by atoms with van der Waals surface area (Å²) in [4.78, 5) is 21.3. The van der Waals surface area contributed by atoms with Gasteiger partial charge >= 0.3 is 0 Å².